The van der Waals surface area contributed by atoms with Crippen molar-refractivity contribution < 1.29 is 14.6 Å². The molecule has 1 aromatic rings. The first kappa shape index (κ1) is 9.70. The van der Waals surface area contributed by atoms with E-state index in [1.54, 1.807) is 6.07 Å². The number of aliphatic carboxylic acids is 1. The van der Waals surface area contributed by atoms with Gasteiger partial charge in [0.25, 0.3) is 0 Å². The summed E-state index contributed by atoms with van der Waals surface area (Å²) in [7, 11) is 1.38. The summed E-state index contributed by atoms with van der Waals surface area (Å²) in [6, 6.07) is 1.74. The quantitative estimate of drug-likeness (QED) is 0.896. The van der Waals surface area contributed by atoms with Gasteiger partial charge in [-0.3, -0.25) is 0 Å². The first-order chi connectivity index (χ1) is 5.65. The van der Waals surface area contributed by atoms with E-state index in [1.165, 1.54) is 18.4 Å². The van der Waals surface area contributed by atoms with Crippen LogP contribution in [0.3, 0.4) is 0 Å². The standard InChI is InChI=1S/C7H7BrO3S/c1-11-6(7(9)10)5-2-4(8)3-12-5/h2-3,6H,1H3,(H,9,10). The molecule has 0 aliphatic rings. The van der Waals surface area contributed by atoms with Gasteiger partial charge in [-0.05, 0) is 22.0 Å². The Morgan fingerprint density at radius 2 is 2.50 bits per heavy atom. The van der Waals surface area contributed by atoms with Gasteiger partial charge in [-0.1, -0.05) is 0 Å². The van der Waals surface area contributed by atoms with Crippen LogP contribution in [-0.2, 0) is 9.53 Å². The Morgan fingerprint density at radius 1 is 1.83 bits per heavy atom. The first-order valence-electron chi connectivity index (χ1n) is 3.14. The van der Waals surface area contributed by atoms with Gasteiger partial charge in [0.1, 0.15) is 0 Å². The summed E-state index contributed by atoms with van der Waals surface area (Å²) in [5, 5.41) is 10.5. The van der Waals surface area contributed by atoms with Crippen LogP contribution in [0.5, 0.6) is 0 Å². The molecule has 5 heteroatoms. The number of halogens is 1. The fourth-order valence-corrected chi connectivity index (χ4v) is 2.32. The van der Waals surface area contributed by atoms with Crippen LogP contribution in [0.1, 0.15) is 11.0 Å². The summed E-state index contributed by atoms with van der Waals surface area (Å²) in [6.45, 7) is 0. The number of hydrogen-bond acceptors (Lipinski definition) is 3. The lowest BCUT2D eigenvalue weighted by Crippen LogP contribution is -2.11. The van der Waals surface area contributed by atoms with Crippen molar-refractivity contribution in [3.8, 4) is 0 Å². The van der Waals surface area contributed by atoms with Crippen LogP contribution in [0, 0.1) is 0 Å². The maximum atomic E-state index is 10.6. The molecular formula is C7H7BrO3S. The largest absolute Gasteiger partial charge is 0.479 e. The van der Waals surface area contributed by atoms with Gasteiger partial charge in [-0.25, -0.2) is 4.79 Å². The van der Waals surface area contributed by atoms with E-state index in [1.807, 2.05) is 5.38 Å². The third-order valence-electron chi connectivity index (χ3n) is 1.31. The fourth-order valence-electron chi connectivity index (χ4n) is 0.804. The molecule has 66 valence electrons. The van der Waals surface area contributed by atoms with Crippen molar-refractivity contribution in [1.29, 1.82) is 0 Å². The minimum Gasteiger partial charge on any atom is -0.479 e. The van der Waals surface area contributed by atoms with E-state index in [-0.39, 0.29) is 0 Å². The molecule has 0 amide bonds. The van der Waals surface area contributed by atoms with Gasteiger partial charge < -0.3 is 9.84 Å². The number of methoxy groups -OCH3 is 1. The number of hydrogen-bond donors (Lipinski definition) is 1. The minimum atomic E-state index is -0.966. The second kappa shape index (κ2) is 4.02. The molecule has 1 aromatic heterocycles. The Kier molecular flexibility index (Phi) is 3.25. The molecule has 0 fully saturated rings. The maximum absolute atomic E-state index is 10.6. The summed E-state index contributed by atoms with van der Waals surface area (Å²) in [4.78, 5) is 11.3. The smallest absolute Gasteiger partial charge is 0.338 e. The number of carboxylic acids is 1. The number of ether oxygens (including phenoxy) is 1. The molecular weight excluding hydrogens is 244 g/mol. The van der Waals surface area contributed by atoms with Crippen molar-refractivity contribution in [2.24, 2.45) is 0 Å². The minimum absolute atomic E-state index is 0.692. The SMILES string of the molecule is COC(C(=O)O)c1cc(Br)cs1. The van der Waals surface area contributed by atoms with Crippen molar-refractivity contribution in [2.45, 2.75) is 6.10 Å². The predicted octanol–water partition coefficient (Wildman–Crippen LogP) is 2.28. The molecule has 3 nitrogen and oxygen atoms in total. The van der Waals surface area contributed by atoms with Gasteiger partial charge in [0, 0.05) is 21.8 Å². The van der Waals surface area contributed by atoms with E-state index in [0.29, 0.717) is 4.88 Å². The highest BCUT2D eigenvalue weighted by Gasteiger charge is 2.20. The summed E-state index contributed by atoms with van der Waals surface area (Å²) in [5.41, 5.74) is 0. The zero-order valence-corrected chi connectivity index (χ0v) is 8.68. The highest BCUT2D eigenvalue weighted by atomic mass is 79.9. The predicted molar refractivity (Wildman–Crippen MR) is 49.4 cm³/mol. The second-order valence-electron chi connectivity index (χ2n) is 2.12. The Labute approximate surface area is 82.1 Å². The highest BCUT2D eigenvalue weighted by molar-refractivity contribution is 9.10. The molecule has 1 rings (SSSR count). The van der Waals surface area contributed by atoms with Gasteiger partial charge in [-0.15, -0.1) is 11.3 Å². The molecule has 1 heterocycles. The molecule has 0 radical (unpaired) electrons. The van der Waals surface area contributed by atoms with E-state index in [2.05, 4.69) is 15.9 Å². The van der Waals surface area contributed by atoms with Crippen LogP contribution in [0.25, 0.3) is 0 Å². The summed E-state index contributed by atoms with van der Waals surface area (Å²) in [6.07, 6.45) is -0.846. The number of rotatable bonds is 3. The van der Waals surface area contributed by atoms with Crippen molar-refractivity contribution in [3.05, 3.63) is 20.8 Å². The molecule has 1 N–H and O–H groups in total. The molecule has 0 bridgehead atoms. The third kappa shape index (κ3) is 2.06. The Bertz CT molecular complexity index is 284. The highest BCUT2D eigenvalue weighted by Crippen LogP contribution is 2.27. The second-order valence-corrected chi connectivity index (χ2v) is 3.98. The number of carboxylic acid groups (broad SMARTS) is 1. The van der Waals surface area contributed by atoms with E-state index < -0.39 is 12.1 Å². The topological polar surface area (TPSA) is 46.5 Å². The first-order valence-corrected chi connectivity index (χ1v) is 4.82. The van der Waals surface area contributed by atoms with Crippen LogP contribution < -0.4 is 0 Å². The maximum Gasteiger partial charge on any atom is 0.338 e. The van der Waals surface area contributed by atoms with E-state index in [0.717, 1.165) is 4.47 Å². The van der Waals surface area contributed by atoms with Crippen LogP contribution in [-0.4, -0.2) is 18.2 Å². The van der Waals surface area contributed by atoms with Crippen molar-refractivity contribution in [2.75, 3.05) is 7.11 Å². The van der Waals surface area contributed by atoms with Gasteiger partial charge >= 0.3 is 5.97 Å². The van der Waals surface area contributed by atoms with Crippen LogP contribution >= 0.6 is 27.3 Å². The van der Waals surface area contributed by atoms with Crippen LogP contribution in [0.2, 0.25) is 0 Å². The summed E-state index contributed by atoms with van der Waals surface area (Å²) in [5.74, 6) is -0.966. The zero-order valence-electron chi connectivity index (χ0n) is 6.28. The Hall–Kier alpha value is -0.390. The van der Waals surface area contributed by atoms with E-state index in [4.69, 9.17) is 9.84 Å². The molecule has 0 aromatic carbocycles. The molecule has 0 spiro atoms. The molecule has 1 unspecified atom stereocenters. The molecule has 1 atom stereocenters. The van der Waals surface area contributed by atoms with E-state index >= 15 is 0 Å². The third-order valence-corrected chi connectivity index (χ3v) is 3.04. The Morgan fingerprint density at radius 3 is 2.83 bits per heavy atom. The molecule has 0 saturated heterocycles. The normalized spacial score (nSPS) is 12.8. The lowest BCUT2D eigenvalue weighted by Gasteiger charge is -2.06. The average Bonchev–Trinajstić information content (AvgIpc) is 2.37. The Balaban J connectivity index is 2.87. The van der Waals surface area contributed by atoms with Gasteiger partial charge in [-0.2, -0.15) is 0 Å². The van der Waals surface area contributed by atoms with E-state index in [9.17, 15) is 4.79 Å². The monoisotopic (exact) mass is 250 g/mol. The molecule has 0 saturated carbocycles. The van der Waals surface area contributed by atoms with Gasteiger partial charge in [0.15, 0.2) is 6.10 Å². The lowest BCUT2D eigenvalue weighted by molar-refractivity contribution is -0.148. The van der Waals surface area contributed by atoms with Crippen molar-refractivity contribution >= 4 is 33.2 Å². The number of carbonyl (C=O) groups is 1. The van der Waals surface area contributed by atoms with Crippen molar-refractivity contribution in [1.82, 2.24) is 0 Å². The van der Waals surface area contributed by atoms with Gasteiger partial charge in [0.2, 0.25) is 0 Å². The average molecular weight is 251 g/mol. The van der Waals surface area contributed by atoms with Gasteiger partial charge in [0.05, 0.1) is 0 Å². The van der Waals surface area contributed by atoms with Crippen LogP contribution in [0.15, 0.2) is 15.9 Å². The molecule has 0 aliphatic carbocycles. The lowest BCUT2D eigenvalue weighted by atomic mass is 10.3. The van der Waals surface area contributed by atoms with Crippen LogP contribution in [0.4, 0.5) is 0 Å². The summed E-state index contributed by atoms with van der Waals surface area (Å²) < 4.78 is 5.68. The zero-order chi connectivity index (χ0) is 9.14. The summed E-state index contributed by atoms with van der Waals surface area (Å²) >= 11 is 4.60. The fraction of sp³-hybridized carbons (Fsp3) is 0.286. The van der Waals surface area contributed by atoms with Crippen molar-refractivity contribution in [3.63, 3.8) is 0 Å². The molecule has 12 heavy (non-hydrogen) atoms. The molecule has 0 aliphatic heterocycles. The number of thiophene rings is 1.